The molecule has 13 heteroatoms. The molecule has 0 radical (unpaired) electrons. The van der Waals surface area contributed by atoms with Crippen LogP contribution >= 0.6 is 23.1 Å². The molecule has 0 aliphatic rings. The highest BCUT2D eigenvalue weighted by molar-refractivity contribution is 8.00. The van der Waals surface area contributed by atoms with Crippen molar-refractivity contribution in [3.8, 4) is 5.75 Å². The molecule has 0 bridgehead atoms. The topological polar surface area (TPSA) is 155 Å². The van der Waals surface area contributed by atoms with E-state index in [2.05, 4.69) is 15.5 Å². The van der Waals surface area contributed by atoms with Gasteiger partial charge in [-0.25, -0.2) is 4.79 Å². The van der Waals surface area contributed by atoms with E-state index in [0.717, 1.165) is 25.2 Å². The van der Waals surface area contributed by atoms with Gasteiger partial charge in [0.15, 0.2) is 4.34 Å². The number of rotatable bonds is 10. The molecule has 178 valence electrons. The molecule has 3 rings (SSSR count). The highest BCUT2D eigenvalue weighted by Gasteiger charge is 2.18. The van der Waals surface area contributed by atoms with Crippen LogP contribution in [-0.4, -0.2) is 27.0 Å². The first-order valence-electron chi connectivity index (χ1n) is 10.2. The van der Waals surface area contributed by atoms with E-state index >= 15 is 0 Å². The zero-order valence-electron chi connectivity index (χ0n) is 18.2. The van der Waals surface area contributed by atoms with Gasteiger partial charge in [0.2, 0.25) is 22.2 Å². The molecular weight excluding hydrogens is 484 g/mol. The minimum atomic E-state index is -0.921. The van der Waals surface area contributed by atoms with Gasteiger partial charge in [-0.05, 0) is 18.9 Å². The number of hydrogen-bond acceptors (Lipinski definition) is 11. The number of hydrogen-bond donors (Lipinski definition) is 1. The van der Waals surface area contributed by atoms with E-state index in [1.807, 2.05) is 13.8 Å². The number of carbonyl (C=O) groups is 2. The number of amides is 1. The molecule has 1 aromatic carbocycles. The van der Waals surface area contributed by atoms with Crippen molar-refractivity contribution >= 4 is 45.8 Å². The van der Waals surface area contributed by atoms with Crippen molar-refractivity contribution in [2.24, 2.45) is 5.92 Å². The van der Waals surface area contributed by atoms with Gasteiger partial charge in [-0.3, -0.25) is 19.7 Å². The lowest BCUT2D eigenvalue weighted by Gasteiger charge is -2.09. The summed E-state index contributed by atoms with van der Waals surface area (Å²) in [4.78, 5) is 46.9. The molecule has 1 amide bonds. The number of thioether (sulfide) groups is 1. The molecule has 34 heavy (non-hydrogen) atoms. The molecule has 2 heterocycles. The van der Waals surface area contributed by atoms with Crippen molar-refractivity contribution in [3.05, 3.63) is 68.3 Å². The highest BCUT2D eigenvalue weighted by atomic mass is 32.2. The molecule has 0 aliphatic heterocycles. The molecule has 3 aromatic rings. The molecule has 11 nitrogen and oxygen atoms in total. The van der Waals surface area contributed by atoms with E-state index < -0.39 is 16.3 Å². The number of aromatic nitrogens is 2. The van der Waals surface area contributed by atoms with Crippen molar-refractivity contribution in [3.63, 3.8) is 0 Å². The minimum Gasteiger partial charge on any atom is -0.464 e. The third-order valence-electron chi connectivity index (χ3n) is 4.68. The summed E-state index contributed by atoms with van der Waals surface area (Å²) in [5.74, 6) is -0.882. The van der Waals surface area contributed by atoms with E-state index in [0.29, 0.717) is 15.2 Å². The highest BCUT2D eigenvalue weighted by Crippen LogP contribution is 2.29. The van der Waals surface area contributed by atoms with Crippen molar-refractivity contribution in [1.29, 1.82) is 0 Å². The van der Waals surface area contributed by atoms with Gasteiger partial charge in [0.05, 0.1) is 16.2 Å². The Labute approximate surface area is 201 Å². The number of benzene rings is 1. The number of anilines is 1. The van der Waals surface area contributed by atoms with Gasteiger partial charge in [0, 0.05) is 24.1 Å². The summed E-state index contributed by atoms with van der Waals surface area (Å²) in [7, 11) is 0. The Kier molecular flexibility index (Phi) is 8.49. The van der Waals surface area contributed by atoms with Crippen LogP contribution in [0.25, 0.3) is 0 Å². The third-order valence-corrected chi connectivity index (χ3v) is 6.67. The van der Waals surface area contributed by atoms with Gasteiger partial charge in [0.25, 0.3) is 5.69 Å². The Morgan fingerprint density at radius 3 is 2.71 bits per heavy atom. The van der Waals surface area contributed by atoms with E-state index in [-0.39, 0.29) is 34.6 Å². The van der Waals surface area contributed by atoms with E-state index in [1.165, 1.54) is 47.4 Å². The van der Waals surface area contributed by atoms with Crippen LogP contribution in [0.5, 0.6) is 5.75 Å². The van der Waals surface area contributed by atoms with Gasteiger partial charge >= 0.3 is 5.97 Å². The van der Waals surface area contributed by atoms with Crippen LogP contribution in [0.2, 0.25) is 0 Å². The van der Waals surface area contributed by atoms with E-state index in [1.54, 1.807) is 0 Å². The second kappa shape index (κ2) is 11.5. The maximum atomic E-state index is 12.3. The summed E-state index contributed by atoms with van der Waals surface area (Å²) in [5.41, 5.74) is -0.934. The van der Waals surface area contributed by atoms with Gasteiger partial charge < -0.3 is 14.5 Å². The predicted molar refractivity (Wildman–Crippen MR) is 125 cm³/mol. The van der Waals surface area contributed by atoms with Crippen LogP contribution in [-0.2, 0) is 10.5 Å². The van der Waals surface area contributed by atoms with Crippen LogP contribution in [0, 0.1) is 16.0 Å². The first kappa shape index (κ1) is 25.1. The Morgan fingerprint density at radius 1 is 1.26 bits per heavy atom. The summed E-state index contributed by atoms with van der Waals surface area (Å²) < 4.78 is 11.0. The molecule has 1 N–H and O–H groups in total. The Bertz CT molecular complexity index is 1250. The lowest BCUT2D eigenvalue weighted by Crippen LogP contribution is -2.21. The number of nitro groups is 1. The standard InChI is InChI=1S/C21H20N4O7S2/c1-3-12(4-2)18(27)22-20-23-24-21(34-20)33-11-15-9-16(26)17(10-31-15)32-19(28)13-6-5-7-14(8-13)25(29)30/h5-10,12H,3-4,11H2,1-2H3,(H,22,23,27). The number of nitrogens with one attached hydrogen (secondary N) is 1. The summed E-state index contributed by atoms with van der Waals surface area (Å²) >= 11 is 2.47. The monoisotopic (exact) mass is 504 g/mol. The Hall–Kier alpha value is -3.58. The van der Waals surface area contributed by atoms with E-state index in [9.17, 15) is 24.5 Å². The Morgan fingerprint density at radius 2 is 2.03 bits per heavy atom. The first-order valence-corrected chi connectivity index (χ1v) is 12.0. The van der Waals surface area contributed by atoms with Crippen LogP contribution < -0.4 is 15.5 Å². The largest absolute Gasteiger partial charge is 0.464 e. The van der Waals surface area contributed by atoms with Crippen LogP contribution in [0.1, 0.15) is 42.8 Å². The fourth-order valence-electron chi connectivity index (χ4n) is 2.81. The minimum absolute atomic E-state index is 0.0726. The number of nitrogens with zero attached hydrogens (tertiary/aromatic N) is 3. The fraction of sp³-hybridized carbons (Fsp3) is 0.286. The SMILES string of the molecule is CCC(CC)C(=O)Nc1nnc(SCc2cc(=O)c(OC(=O)c3cccc([N+](=O)[O-])c3)co2)s1. The molecular formula is C21H20N4O7S2. The molecule has 0 saturated carbocycles. The van der Waals surface area contributed by atoms with Gasteiger partial charge in [0.1, 0.15) is 12.0 Å². The van der Waals surface area contributed by atoms with Crippen molar-refractivity contribution in [1.82, 2.24) is 10.2 Å². The number of nitro benzene ring substituents is 1. The normalized spacial score (nSPS) is 10.8. The maximum absolute atomic E-state index is 12.3. The van der Waals surface area contributed by atoms with Crippen LogP contribution in [0.4, 0.5) is 10.8 Å². The average molecular weight is 505 g/mol. The van der Waals surface area contributed by atoms with Crippen molar-refractivity contribution in [2.75, 3.05) is 5.32 Å². The number of ether oxygens (including phenoxy) is 1. The number of carbonyl (C=O) groups excluding carboxylic acids is 2. The fourth-order valence-corrected chi connectivity index (χ4v) is 4.46. The molecule has 0 fully saturated rings. The number of esters is 1. The van der Waals surface area contributed by atoms with E-state index in [4.69, 9.17) is 9.15 Å². The van der Waals surface area contributed by atoms with Gasteiger partial charge in [-0.15, -0.1) is 10.2 Å². The molecule has 0 saturated heterocycles. The zero-order valence-corrected chi connectivity index (χ0v) is 19.8. The summed E-state index contributed by atoms with van der Waals surface area (Å²) in [6.07, 6.45) is 2.48. The summed E-state index contributed by atoms with van der Waals surface area (Å²) in [6.45, 7) is 3.89. The molecule has 2 aromatic heterocycles. The third kappa shape index (κ3) is 6.48. The van der Waals surface area contributed by atoms with Crippen molar-refractivity contribution in [2.45, 2.75) is 36.8 Å². The molecule has 0 aliphatic carbocycles. The Balaban J connectivity index is 1.59. The van der Waals surface area contributed by atoms with Gasteiger partial charge in [-0.1, -0.05) is 43.0 Å². The number of non-ortho nitro benzene ring substituents is 1. The maximum Gasteiger partial charge on any atom is 0.344 e. The summed E-state index contributed by atoms with van der Waals surface area (Å²) in [6, 6.07) is 6.15. The zero-order chi connectivity index (χ0) is 24.7. The molecule has 0 spiro atoms. The predicted octanol–water partition coefficient (Wildman–Crippen LogP) is 4.29. The second-order valence-electron chi connectivity index (χ2n) is 6.94. The first-order chi connectivity index (χ1) is 16.3. The van der Waals surface area contributed by atoms with Gasteiger partial charge in [-0.2, -0.15) is 0 Å². The van der Waals surface area contributed by atoms with Crippen molar-refractivity contribution < 1.29 is 23.7 Å². The van der Waals surface area contributed by atoms with Crippen LogP contribution in [0.3, 0.4) is 0 Å². The summed E-state index contributed by atoms with van der Waals surface area (Å²) in [5, 5.41) is 22.0. The average Bonchev–Trinajstić information content (AvgIpc) is 3.27. The lowest BCUT2D eigenvalue weighted by molar-refractivity contribution is -0.384. The molecule has 0 unspecified atom stereocenters. The quantitative estimate of drug-likeness (QED) is 0.139. The lowest BCUT2D eigenvalue weighted by atomic mass is 10.0. The molecule has 0 atom stereocenters. The smallest absolute Gasteiger partial charge is 0.344 e. The van der Waals surface area contributed by atoms with Crippen LogP contribution in [0.15, 0.2) is 50.1 Å². The second-order valence-corrected chi connectivity index (χ2v) is 9.14.